The van der Waals surface area contributed by atoms with Gasteiger partial charge < -0.3 is 4.74 Å². The van der Waals surface area contributed by atoms with E-state index in [0.717, 1.165) is 22.3 Å². The molecular formula is C27H29N3O4S. The highest BCUT2D eigenvalue weighted by Crippen LogP contribution is 2.23. The summed E-state index contributed by atoms with van der Waals surface area (Å²) in [5.74, 6) is 0.306. The lowest BCUT2D eigenvalue weighted by molar-refractivity contribution is 0.0955. The first-order valence-corrected chi connectivity index (χ1v) is 12.8. The van der Waals surface area contributed by atoms with E-state index < -0.39 is 10.0 Å². The number of nitrogens with one attached hydrogen (secondary N) is 1. The van der Waals surface area contributed by atoms with Crippen LogP contribution < -0.4 is 14.5 Å². The fourth-order valence-corrected chi connectivity index (χ4v) is 4.16. The van der Waals surface area contributed by atoms with Crippen molar-refractivity contribution in [2.45, 2.75) is 20.4 Å². The lowest BCUT2D eigenvalue weighted by Crippen LogP contribution is -2.29. The number of carbonyl (C=O) groups is 1. The van der Waals surface area contributed by atoms with Crippen LogP contribution in [0.1, 0.15) is 32.6 Å². The van der Waals surface area contributed by atoms with Crippen molar-refractivity contribution in [1.82, 2.24) is 5.43 Å². The fraction of sp³-hybridized carbons (Fsp3) is 0.185. The quantitative estimate of drug-likeness (QED) is 0.255. The average molecular weight is 492 g/mol. The third kappa shape index (κ3) is 7.28. The average Bonchev–Trinajstić information content (AvgIpc) is 2.83. The Morgan fingerprint density at radius 3 is 2.46 bits per heavy atom. The molecule has 0 unspecified atom stereocenters. The van der Waals surface area contributed by atoms with Crippen LogP contribution in [0, 0.1) is 13.8 Å². The second-order valence-corrected chi connectivity index (χ2v) is 10.0. The van der Waals surface area contributed by atoms with Crippen LogP contribution in [0.5, 0.6) is 5.75 Å². The molecule has 7 nitrogen and oxygen atoms in total. The van der Waals surface area contributed by atoms with E-state index in [4.69, 9.17) is 4.74 Å². The summed E-state index contributed by atoms with van der Waals surface area (Å²) in [6.45, 7) is 8.11. The van der Waals surface area contributed by atoms with Crippen LogP contribution >= 0.6 is 0 Å². The maximum atomic E-state index is 12.5. The Bertz CT molecular complexity index is 1330. The summed E-state index contributed by atoms with van der Waals surface area (Å²) in [4.78, 5) is 12.5. The van der Waals surface area contributed by atoms with E-state index in [2.05, 4.69) is 17.1 Å². The van der Waals surface area contributed by atoms with Gasteiger partial charge in [-0.1, -0.05) is 43.0 Å². The number of aryl methyl sites for hydroxylation is 2. The predicted molar refractivity (Wildman–Crippen MR) is 141 cm³/mol. The molecule has 35 heavy (non-hydrogen) atoms. The first-order chi connectivity index (χ1) is 16.7. The van der Waals surface area contributed by atoms with Gasteiger partial charge in [-0.3, -0.25) is 9.10 Å². The molecule has 3 aromatic carbocycles. The van der Waals surface area contributed by atoms with Crippen molar-refractivity contribution in [3.05, 3.63) is 107 Å². The number of nitrogens with zero attached hydrogens (tertiary/aromatic N) is 2. The normalized spacial score (nSPS) is 11.3. The minimum atomic E-state index is -3.50. The molecule has 0 fully saturated rings. The maximum absolute atomic E-state index is 12.5. The number of carbonyl (C=O) groups excluding carboxylic acids is 1. The van der Waals surface area contributed by atoms with Gasteiger partial charge in [0, 0.05) is 5.56 Å². The van der Waals surface area contributed by atoms with Gasteiger partial charge in [0.1, 0.15) is 12.4 Å². The highest BCUT2D eigenvalue weighted by atomic mass is 32.2. The molecule has 0 aromatic heterocycles. The molecule has 0 aliphatic carbocycles. The van der Waals surface area contributed by atoms with Gasteiger partial charge >= 0.3 is 0 Å². The van der Waals surface area contributed by atoms with Gasteiger partial charge in [0.05, 0.1) is 24.7 Å². The number of hydrogen-bond acceptors (Lipinski definition) is 5. The molecule has 3 rings (SSSR count). The Morgan fingerprint density at radius 2 is 1.80 bits per heavy atom. The Labute approximate surface area is 206 Å². The number of sulfonamides is 1. The number of benzene rings is 3. The Balaban J connectivity index is 1.66. The number of rotatable bonds is 10. The molecule has 0 bridgehead atoms. The van der Waals surface area contributed by atoms with Crippen molar-refractivity contribution < 1.29 is 17.9 Å². The standard InChI is InChI=1S/C27H29N3O4S/c1-5-15-34-26-8-6-7-23(17-26)18-28-29-27(31)24-12-10-22(11-13-24)19-30(35(4,32)33)25-14-9-20(2)21(3)16-25/h5-14,16-18H,1,15,19H2,2-4H3,(H,29,31)/b28-18-. The molecule has 0 heterocycles. The first-order valence-electron chi connectivity index (χ1n) is 11.0. The minimum absolute atomic E-state index is 0.158. The Morgan fingerprint density at radius 1 is 1.06 bits per heavy atom. The first kappa shape index (κ1) is 25.7. The zero-order valence-electron chi connectivity index (χ0n) is 20.1. The van der Waals surface area contributed by atoms with Crippen molar-refractivity contribution in [3.63, 3.8) is 0 Å². The number of ether oxygens (including phenoxy) is 1. The second kappa shape index (κ2) is 11.5. The van der Waals surface area contributed by atoms with Crippen LogP contribution in [0.15, 0.2) is 84.5 Å². The summed E-state index contributed by atoms with van der Waals surface area (Å²) in [5, 5.41) is 4.01. The van der Waals surface area contributed by atoms with Crippen LogP contribution in [0.3, 0.4) is 0 Å². The van der Waals surface area contributed by atoms with Gasteiger partial charge in [-0.25, -0.2) is 13.8 Å². The van der Waals surface area contributed by atoms with Crippen molar-refractivity contribution >= 4 is 27.8 Å². The van der Waals surface area contributed by atoms with Gasteiger partial charge in [-0.05, 0) is 72.5 Å². The van der Waals surface area contributed by atoms with Crippen molar-refractivity contribution in [2.75, 3.05) is 17.2 Å². The molecule has 8 heteroatoms. The lowest BCUT2D eigenvalue weighted by atomic mass is 10.1. The molecule has 0 spiro atoms. The highest BCUT2D eigenvalue weighted by Gasteiger charge is 2.18. The van der Waals surface area contributed by atoms with Crippen LogP contribution in [0.25, 0.3) is 0 Å². The molecule has 1 amide bonds. The van der Waals surface area contributed by atoms with Crippen LogP contribution in [0.2, 0.25) is 0 Å². The summed E-state index contributed by atoms with van der Waals surface area (Å²) < 4.78 is 31.7. The Kier molecular flexibility index (Phi) is 8.43. The van der Waals surface area contributed by atoms with E-state index in [9.17, 15) is 13.2 Å². The molecular weight excluding hydrogens is 462 g/mol. The molecule has 0 aliphatic rings. The monoisotopic (exact) mass is 491 g/mol. The third-order valence-corrected chi connectivity index (χ3v) is 6.47. The Hall–Kier alpha value is -3.91. The van der Waals surface area contributed by atoms with Crippen LogP contribution in [-0.2, 0) is 16.6 Å². The van der Waals surface area contributed by atoms with Gasteiger partial charge in [-0.2, -0.15) is 5.10 Å². The second-order valence-electron chi connectivity index (χ2n) is 8.11. The molecule has 3 aromatic rings. The molecule has 1 N–H and O–H groups in total. The number of anilines is 1. The van der Waals surface area contributed by atoms with Gasteiger partial charge in [0.25, 0.3) is 5.91 Å². The highest BCUT2D eigenvalue weighted by molar-refractivity contribution is 7.92. The van der Waals surface area contributed by atoms with E-state index in [-0.39, 0.29) is 12.5 Å². The van der Waals surface area contributed by atoms with Crippen molar-refractivity contribution in [3.8, 4) is 5.75 Å². The SMILES string of the molecule is C=CCOc1cccc(/C=N\NC(=O)c2ccc(CN(c3ccc(C)c(C)c3)S(C)(=O)=O)cc2)c1. The molecule has 0 atom stereocenters. The topological polar surface area (TPSA) is 88.1 Å². The van der Waals surface area contributed by atoms with Gasteiger partial charge in [-0.15, -0.1) is 0 Å². The smallest absolute Gasteiger partial charge is 0.271 e. The molecule has 0 saturated heterocycles. The number of hydrazone groups is 1. The molecule has 182 valence electrons. The molecule has 0 saturated carbocycles. The van der Waals surface area contributed by atoms with Crippen LogP contribution in [0.4, 0.5) is 5.69 Å². The van der Waals surface area contributed by atoms with E-state index >= 15 is 0 Å². The van der Waals surface area contributed by atoms with Crippen LogP contribution in [-0.4, -0.2) is 33.4 Å². The third-order valence-electron chi connectivity index (χ3n) is 5.33. The van der Waals surface area contributed by atoms with E-state index in [0.29, 0.717) is 23.6 Å². The largest absolute Gasteiger partial charge is 0.490 e. The van der Waals surface area contributed by atoms with E-state index in [1.54, 1.807) is 42.5 Å². The zero-order chi connectivity index (χ0) is 25.4. The fourth-order valence-electron chi connectivity index (χ4n) is 3.28. The van der Waals surface area contributed by atoms with E-state index in [1.807, 2.05) is 44.2 Å². The summed E-state index contributed by atoms with van der Waals surface area (Å²) in [6.07, 6.45) is 4.37. The summed E-state index contributed by atoms with van der Waals surface area (Å²) in [5.41, 5.74) is 7.14. The lowest BCUT2D eigenvalue weighted by Gasteiger charge is -2.23. The summed E-state index contributed by atoms with van der Waals surface area (Å²) in [6, 6.07) is 19.6. The maximum Gasteiger partial charge on any atom is 0.271 e. The number of amides is 1. The molecule has 0 aliphatic heterocycles. The minimum Gasteiger partial charge on any atom is -0.490 e. The number of hydrogen-bond donors (Lipinski definition) is 1. The van der Waals surface area contributed by atoms with E-state index in [1.165, 1.54) is 16.8 Å². The summed E-state index contributed by atoms with van der Waals surface area (Å²) in [7, 11) is -3.50. The zero-order valence-corrected chi connectivity index (χ0v) is 20.9. The van der Waals surface area contributed by atoms with Crippen molar-refractivity contribution in [2.24, 2.45) is 5.10 Å². The van der Waals surface area contributed by atoms with Gasteiger partial charge in [0.2, 0.25) is 10.0 Å². The molecule has 0 radical (unpaired) electrons. The van der Waals surface area contributed by atoms with Gasteiger partial charge in [0.15, 0.2) is 0 Å². The van der Waals surface area contributed by atoms with Crippen molar-refractivity contribution in [1.29, 1.82) is 0 Å². The predicted octanol–water partition coefficient (Wildman–Crippen LogP) is 4.60. The summed E-state index contributed by atoms with van der Waals surface area (Å²) >= 11 is 0.